The number of hydrogen-bond acceptors (Lipinski definition) is 4. The molecular formula is C21H19ClFN3OS. The Morgan fingerprint density at radius 1 is 1.25 bits per heavy atom. The van der Waals surface area contributed by atoms with Crippen LogP contribution in [-0.4, -0.2) is 24.2 Å². The van der Waals surface area contributed by atoms with Crippen molar-refractivity contribution in [3.05, 3.63) is 63.3 Å². The number of hydrogen-bond donors (Lipinski definition) is 1. The van der Waals surface area contributed by atoms with E-state index in [0.29, 0.717) is 32.0 Å². The Kier molecular flexibility index (Phi) is 5.42. The predicted molar refractivity (Wildman–Crippen MR) is 115 cm³/mol. The summed E-state index contributed by atoms with van der Waals surface area (Å²) in [5.41, 5.74) is 2.83. The third kappa shape index (κ3) is 3.93. The quantitative estimate of drug-likeness (QED) is 0.693. The standard InChI is InChI=1S/C21H19ClFN3OS/c1-13-15(22)5-4-6-17(13)24-21-25-20(27)19(28-21)12-14-7-8-18(16(23)11-14)26-9-2-3-10-26/h4-8,11-12H,2-3,9-10H2,1H3,(H,24,25,27). The summed E-state index contributed by atoms with van der Waals surface area (Å²) in [6.45, 7) is 3.65. The van der Waals surface area contributed by atoms with Crippen LogP contribution in [0.15, 0.2) is 46.3 Å². The maximum Gasteiger partial charge on any atom is 0.264 e. The van der Waals surface area contributed by atoms with E-state index in [1.165, 1.54) is 17.8 Å². The molecule has 4 rings (SSSR count). The summed E-state index contributed by atoms with van der Waals surface area (Å²) in [4.78, 5) is 19.3. The molecule has 2 aliphatic heterocycles. The summed E-state index contributed by atoms with van der Waals surface area (Å²) in [6, 6.07) is 10.6. The fourth-order valence-corrected chi connectivity index (χ4v) is 4.29. The lowest BCUT2D eigenvalue weighted by Crippen LogP contribution is -2.19. The Balaban J connectivity index is 1.55. The van der Waals surface area contributed by atoms with Crippen LogP contribution in [-0.2, 0) is 4.79 Å². The van der Waals surface area contributed by atoms with E-state index in [-0.39, 0.29) is 11.7 Å². The molecule has 2 aromatic carbocycles. The molecule has 2 saturated heterocycles. The highest BCUT2D eigenvalue weighted by Gasteiger charge is 2.24. The summed E-state index contributed by atoms with van der Waals surface area (Å²) < 4.78 is 14.5. The van der Waals surface area contributed by atoms with Crippen molar-refractivity contribution in [3.8, 4) is 0 Å². The first-order chi connectivity index (χ1) is 13.5. The maximum atomic E-state index is 14.5. The molecule has 144 valence electrons. The normalized spacial score (nSPS) is 19.7. The zero-order chi connectivity index (χ0) is 19.7. The van der Waals surface area contributed by atoms with Crippen molar-refractivity contribution in [2.24, 2.45) is 4.99 Å². The molecule has 0 spiro atoms. The highest BCUT2D eigenvalue weighted by molar-refractivity contribution is 8.18. The lowest BCUT2D eigenvalue weighted by atomic mass is 10.1. The van der Waals surface area contributed by atoms with Gasteiger partial charge in [0.15, 0.2) is 5.17 Å². The van der Waals surface area contributed by atoms with Crippen molar-refractivity contribution >= 4 is 51.9 Å². The predicted octanol–water partition coefficient (Wildman–Crippen LogP) is 5.28. The maximum absolute atomic E-state index is 14.5. The minimum Gasteiger partial charge on any atom is -0.369 e. The molecule has 2 heterocycles. The van der Waals surface area contributed by atoms with Crippen LogP contribution in [0.2, 0.25) is 5.02 Å². The summed E-state index contributed by atoms with van der Waals surface area (Å²) in [5, 5.41) is 3.86. The fraction of sp³-hybridized carbons (Fsp3) is 0.238. The van der Waals surface area contributed by atoms with Crippen LogP contribution in [0.4, 0.5) is 15.8 Å². The van der Waals surface area contributed by atoms with Gasteiger partial charge in [-0.3, -0.25) is 4.79 Å². The van der Waals surface area contributed by atoms with Gasteiger partial charge in [-0.1, -0.05) is 23.7 Å². The minimum atomic E-state index is -0.261. The monoisotopic (exact) mass is 415 g/mol. The van der Waals surface area contributed by atoms with Gasteiger partial charge in [0, 0.05) is 18.1 Å². The number of carbonyl (C=O) groups excluding carboxylic acids is 1. The van der Waals surface area contributed by atoms with Gasteiger partial charge >= 0.3 is 0 Å². The van der Waals surface area contributed by atoms with E-state index >= 15 is 0 Å². The number of benzene rings is 2. The molecule has 2 aromatic rings. The SMILES string of the molecule is Cc1c(Cl)cccc1N=C1NC(=O)C(=Cc2ccc(N3CCCC3)c(F)c2)S1. The van der Waals surface area contributed by atoms with Crippen LogP contribution in [0.3, 0.4) is 0 Å². The smallest absolute Gasteiger partial charge is 0.264 e. The number of aliphatic imine (C=N–C) groups is 1. The molecule has 0 atom stereocenters. The van der Waals surface area contributed by atoms with Gasteiger partial charge in [0.2, 0.25) is 0 Å². The van der Waals surface area contributed by atoms with Crippen molar-refractivity contribution < 1.29 is 9.18 Å². The van der Waals surface area contributed by atoms with Gasteiger partial charge in [-0.25, -0.2) is 9.38 Å². The number of nitrogens with one attached hydrogen (secondary N) is 1. The average Bonchev–Trinajstić information content (AvgIpc) is 3.30. The van der Waals surface area contributed by atoms with Crippen LogP contribution in [0, 0.1) is 12.7 Å². The number of amidine groups is 1. The van der Waals surface area contributed by atoms with Gasteiger partial charge in [0.05, 0.1) is 16.3 Å². The van der Waals surface area contributed by atoms with Crippen LogP contribution < -0.4 is 10.2 Å². The van der Waals surface area contributed by atoms with E-state index in [9.17, 15) is 9.18 Å². The molecule has 0 saturated carbocycles. The molecular weight excluding hydrogens is 397 g/mol. The Morgan fingerprint density at radius 2 is 2.04 bits per heavy atom. The van der Waals surface area contributed by atoms with E-state index in [1.54, 1.807) is 18.2 Å². The van der Waals surface area contributed by atoms with E-state index in [1.807, 2.05) is 25.1 Å². The number of anilines is 1. The zero-order valence-corrected chi connectivity index (χ0v) is 16.9. The Bertz CT molecular complexity index is 999. The van der Waals surface area contributed by atoms with E-state index < -0.39 is 0 Å². The Labute approximate surface area is 172 Å². The number of rotatable bonds is 3. The Hall–Kier alpha value is -2.31. The van der Waals surface area contributed by atoms with Gasteiger partial charge in [-0.05, 0) is 73.0 Å². The fourth-order valence-electron chi connectivity index (χ4n) is 3.29. The van der Waals surface area contributed by atoms with Gasteiger partial charge in [-0.15, -0.1) is 0 Å². The third-order valence-electron chi connectivity index (χ3n) is 4.83. The largest absolute Gasteiger partial charge is 0.369 e. The molecule has 0 radical (unpaired) electrons. The molecule has 2 aliphatic rings. The summed E-state index contributed by atoms with van der Waals surface area (Å²) >= 11 is 7.36. The lowest BCUT2D eigenvalue weighted by molar-refractivity contribution is -0.115. The second-order valence-corrected chi connectivity index (χ2v) is 8.21. The van der Waals surface area contributed by atoms with Crippen molar-refractivity contribution in [1.82, 2.24) is 5.32 Å². The third-order valence-corrected chi connectivity index (χ3v) is 6.15. The second-order valence-electron chi connectivity index (χ2n) is 6.77. The summed E-state index contributed by atoms with van der Waals surface area (Å²) in [7, 11) is 0. The van der Waals surface area contributed by atoms with Gasteiger partial charge < -0.3 is 10.2 Å². The second kappa shape index (κ2) is 7.97. The number of carbonyl (C=O) groups is 1. The van der Waals surface area contributed by atoms with E-state index in [0.717, 1.165) is 31.5 Å². The number of halogens is 2. The molecule has 2 fully saturated rings. The van der Waals surface area contributed by atoms with Crippen LogP contribution in [0.25, 0.3) is 6.08 Å². The molecule has 0 aliphatic carbocycles. The zero-order valence-electron chi connectivity index (χ0n) is 15.3. The minimum absolute atomic E-state index is 0.243. The van der Waals surface area contributed by atoms with Crippen molar-refractivity contribution in [1.29, 1.82) is 0 Å². The molecule has 0 bridgehead atoms. The van der Waals surface area contributed by atoms with Crippen LogP contribution >= 0.6 is 23.4 Å². The molecule has 0 unspecified atom stereocenters. The topological polar surface area (TPSA) is 44.7 Å². The first kappa shape index (κ1) is 19.0. The van der Waals surface area contributed by atoms with E-state index in [2.05, 4.69) is 15.2 Å². The molecule has 4 nitrogen and oxygen atoms in total. The molecule has 1 amide bonds. The van der Waals surface area contributed by atoms with Crippen molar-refractivity contribution in [2.75, 3.05) is 18.0 Å². The lowest BCUT2D eigenvalue weighted by Gasteiger charge is -2.18. The molecule has 1 N–H and O–H groups in total. The number of amides is 1. The number of nitrogens with zero attached hydrogens (tertiary/aromatic N) is 2. The highest BCUT2D eigenvalue weighted by Crippen LogP contribution is 2.32. The number of thioether (sulfide) groups is 1. The summed E-state index contributed by atoms with van der Waals surface area (Å²) in [5.74, 6) is -0.504. The first-order valence-corrected chi connectivity index (χ1v) is 10.3. The molecule has 7 heteroatoms. The molecule has 28 heavy (non-hydrogen) atoms. The van der Waals surface area contributed by atoms with Crippen LogP contribution in [0.1, 0.15) is 24.0 Å². The van der Waals surface area contributed by atoms with Crippen molar-refractivity contribution in [3.63, 3.8) is 0 Å². The summed E-state index contributed by atoms with van der Waals surface area (Å²) in [6.07, 6.45) is 3.87. The van der Waals surface area contributed by atoms with Gasteiger partial charge in [0.25, 0.3) is 5.91 Å². The van der Waals surface area contributed by atoms with Crippen LogP contribution in [0.5, 0.6) is 0 Å². The molecule has 0 aromatic heterocycles. The Morgan fingerprint density at radius 3 is 2.79 bits per heavy atom. The first-order valence-electron chi connectivity index (χ1n) is 9.10. The van der Waals surface area contributed by atoms with Crippen molar-refractivity contribution in [2.45, 2.75) is 19.8 Å². The average molecular weight is 416 g/mol. The van der Waals surface area contributed by atoms with E-state index in [4.69, 9.17) is 11.6 Å². The van der Waals surface area contributed by atoms with Gasteiger partial charge in [-0.2, -0.15) is 0 Å². The highest BCUT2D eigenvalue weighted by atomic mass is 35.5. The van der Waals surface area contributed by atoms with Gasteiger partial charge in [0.1, 0.15) is 5.82 Å².